The molecule has 0 bridgehead atoms. The fraction of sp³-hybridized carbons (Fsp3) is 0.526. The molecule has 0 radical (unpaired) electrons. The molecule has 4 rings (SSSR count). The van der Waals surface area contributed by atoms with Gasteiger partial charge in [-0.05, 0) is 31.0 Å². The number of alkyl halides is 3. The molecule has 1 saturated heterocycles. The van der Waals surface area contributed by atoms with Crippen molar-refractivity contribution in [3.05, 3.63) is 45.5 Å². The summed E-state index contributed by atoms with van der Waals surface area (Å²) in [5, 5.41) is 0.189. The molecular formula is C19H21ClF3N5O2. The van der Waals surface area contributed by atoms with E-state index in [-0.39, 0.29) is 42.2 Å². The second-order valence-corrected chi connectivity index (χ2v) is 7.87. The number of hydrogen-bond donors (Lipinski definition) is 0. The van der Waals surface area contributed by atoms with E-state index in [1.807, 2.05) is 11.8 Å². The van der Waals surface area contributed by atoms with Crippen molar-refractivity contribution in [2.45, 2.75) is 44.7 Å². The summed E-state index contributed by atoms with van der Waals surface area (Å²) in [7, 11) is 0. The first-order chi connectivity index (χ1) is 14.2. The fourth-order valence-electron chi connectivity index (χ4n) is 3.93. The molecule has 0 amide bonds. The van der Waals surface area contributed by atoms with Crippen LogP contribution in [-0.4, -0.2) is 52.6 Å². The van der Waals surface area contributed by atoms with Gasteiger partial charge < -0.3 is 14.5 Å². The zero-order valence-corrected chi connectivity index (χ0v) is 17.0. The molecule has 0 spiro atoms. The number of ether oxygens (including phenoxy) is 1. The van der Waals surface area contributed by atoms with E-state index in [9.17, 15) is 18.0 Å². The van der Waals surface area contributed by atoms with E-state index in [0.717, 1.165) is 4.90 Å². The van der Waals surface area contributed by atoms with E-state index in [1.54, 1.807) is 6.07 Å². The van der Waals surface area contributed by atoms with Gasteiger partial charge in [-0.2, -0.15) is 18.2 Å². The van der Waals surface area contributed by atoms with Crippen LogP contribution in [0, 0.1) is 0 Å². The smallest absolute Gasteiger partial charge is 0.377 e. The van der Waals surface area contributed by atoms with Crippen molar-refractivity contribution in [3.8, 4) is 0 Å². The normalized spacial score (nSPS) is 22.2. The summed E-state index contributed by atoms with van der Waals surface area (Å²) >= 11 is 5.92. The summed E-state index contributed by atoms with van der Waals surface area (Å²) in [6.45, 7) is 3.23. The van der Waals surface area contributed by atoms with Crippen molar-refractivity contribution < 1.29 is 17.9 Å². The Hall–Kier alpha value is -2.33. The lowest BCUT2D eigenvalue weighted by molar-refractivity contribution is -0.153. The lowest BCUT2D eigenvalue weighted by Crippen LogP contribution is -2.52. The monoisotopic (exact) mass is 443 g/mol. The highest BCUT2D eigenvalue weighted by atomic mass is 35.5. The molecule has 2 aromatic heterocycles. The van der Waals surface area contributed by atoms with Crippen LogP contribution in [0.5, 0.6) is 0 Å². The van der Waals surface area contributed by atoms with E-state index >= 15 is 0 Å². The Morgan fingerprint density at radius 1 is 1.30 bits per heavy atom. The number of aromatic nitrogens is 3. The molecule has 2 aliphatic rings. The van der Waals surface area contributed by atoms with Crippen LogP contribution in [0.25, 0.3) is 0 Å². The standard InChI is InChI=1S/C19H21ClF3N5O2/c1-12-11-30-7-6-26(12)16-9-17(29)27-5-3-14(19(21,22)23)28(18(27)25-16)10-13-2-4-24-15(20)8-13/h2,4,8-9,12,14H,3,5-7,10-11H2,1H3. The van der Waals surface area contributed by atoms with Crippen LogP contribution in [0.15, 0.2) is 29.2 Å². The minimum Gasteiger partial charge on any atom is -0.377 e. The maximum Gasteiger partial charge on any atom is 0.408 e. The van der Waals surface area contributed by atoms with Gasteiger partial charge in [-0.1, -0.05) is 11.6 Å². The van der Waals surface area contributed by atoms with Crippen molar-refractivity contribution in [1.82, 2.24) is 14.5 Å². The minimum atomic E-state index is -4.47. The van der Waals surface area contributed by atoms with Gasteiger partial charge in [0.25, 0.3) is 5.56 Å². The summed E-state index contributed by atoms with van der Waals surface area (Å²) in [6.07, 6.45) is -3.26. The first-order valence-corrected chi connectivity index (χ1v) is 10.0. The first-order valence-electron chi connectivity index (χ1n) is 9.64. The molecule has 2 atom stereocenters. The Morgan fingerprint density at radius 2 is 2.10 bits per heavy atom. The summed E-state index contributed by atoms with van der Waals surface area (Å²) in [5.41, 5.74) is 0.184. The van der Waals surface area contributed by atoms with E-state index in [4.69, 9.17) is 16.3 Å². The highest BCUT2D eigenvalue weighted by Gasteiger charge is 2.47. The lowest BCUT2D eigenvalue weighted by Gasteiger charge is -2.40. The van der Waals surface area contributed by atoms with Crippen molar-refractivity contribution in [1.29, 1.82) is 0 Å². The van der Waals surface area contributed by atoms with Gasteiger partial charge in [0, 0.05) is 31.9 Å². The molecule has 2 aliphatic heterocycles. The van der Waals surface area contributed by atoms with Crippen molar-refractivity contribution in [2.75, 3.05) is 29.6 Å². The van der Waals surface area contributed by atoms with Gasteiger partial charge in [0.15, 0.2) is 0 Å². The number of fused-ring (bicyclic) bond motifs is 1. The SMILES string of the molecule is CC1COCCN1c1cc(=O)n2c(n1)N(Cc1ccnc(Cl)c1)C(C(F)(F)F)CC2. The van der Waals surface area contributed by atoms with Crippen LogP contribution in [0.1, 0.15) is 18.9 Å². The highest BCUT2D eigenvalue weighted by molar-refractivity contribution is 6.29. The van der Waals surface area contributed by atoms with Gasteiger partial charge in [0.1, 0.15) is 17.0 Å². The molecule has 7 nitrogen and oxygen atoms in total. The Bertz CT molecular complexity index is 983. The largest absolute Gasteiger partial charge is 0.408 e. The Labute approximate surface area is 176 Å². The van der Waals surface area contributed by atoms with Crippen LogP contribution in [-0.2, 0) is 17.8 Å². The third-order valence-electron chi connectivity index (χ3n) is 5.42. The number of nitrogens with zero attached hydrogens (tertiary/aromatic N) is 5. The number of halogens is 4. The maximum absolute atomic E-state index is 13.9. The second-order valence-electron chi connectivity index (χ2n) is 7.48. The molecule has 30 heavy (non-hydrogen) atoms. The number of hydrogen-bond acceptors (Lipinski definition) is 6. The molecule has 11 heteroatoms. The highest BCUT2D eigenvalue weighted by Crippen LogP contribution is 2.35. The molecule has 0 N–H and O–H groups in total. The van der Waals surface area contributed by atoms with E-state index < -0.39 is 12.2 Å². The van der Waals surface area contributed by atoms with E-state index in [1.165, 1.54) is 22.9 Å². The number of rotatable bonds is 3. The predicted molar refractivity (Wildman–Crippen MR) is 106 cm³/mol. The van der Waals surface area contributed by atoms with Crippen molar-refractivity contribution >= 4 is 23.4 Å². The first kappa shape index (κ1) is 20.9. The molecule has 2 aromatic rings. The quantitative estimate of drug-likeness (QED) is 0.680. The van der Waals surface area contributed by atoms with E-state index in [0.29, 0.717) is 31.1 Å². The molecule has 0 aliphatic carbocycles. The number of pyridine rings is 1. The number of morpholine rings is 1. The summed E-state index contributed by atoms with van der Waals surface area (Å²) in [4.78, 5) is 24.2. The molecule has 4 heterocycles. The van der Waals surface area contributed by atoms with Crippen LogP contribution in [0.2, 0.25) is 5.15 Å². The van der Waals surface area contributed by atoms with Gasteiger partial charge in [0.05, 0.1) is 19.3 Å². The third-order valence-corrected chi connectivity index (χ3v) is 5.62. The molecular weight excluding hydrogens is 423 g/mol. The van der Waals surface area contributed by atoms with Gasteiger partial charge >= 0.3 is 6.18 Å². The average molecular weight is 444 g/mol. The summed E-state index contributed by atoms with van der Waals surface area (Å²) in [6, 6.07) is 2.71. The van der Waals surface area contributed by atoms with Gasteiger partial charge in [-0.3, -0.25) is 9.36 Å². The fourth-order valence-corrected chi connectivity index (χ4v) is 4.13. The zero-order valence-electron chi connectivity index (χ0n) is 16.3. The number of anilines is 2. The van der Waals surface area contributed by atoms with Gasteiger partial charge in [-0.25, -0.2) is 4.98 Å². The van der Waals surface area contributed by atoms with Crippen LogP contribution in [0.3, 0.4) is 0 Å². The molecule has 1 fully saturated rings. The molecule has 0 aromatic carbocycles. The predicted octanol–water partition coefficient (Wildman–Crippen LogP) is 2.86. The van der Waals surface area contributed by atoms with Gasteiger partial charge in [0.2, 0.25) is 5.95 Å². The van der Waals surface area contributed by atoms with E-state index in [2.05, 4.69) is 9.97 Å². The Balaban J connectivity index is 1.79. The van der Waals surface area contributed by atoms with Gasteiger partial charge in [-0.15, -0.1) is 0 Å². The Morgan fingerprint density at radius 3 is 2.80 bits per heavy atom. The maximum atomic E-state index is 13.9. The minimum absolute atomic E-state index is 0.0118. The van der Waals surface area contributed by atoms with Crippen molar-refractivity contribution in [2.24, 2.45) is 0 Å². The molecule has 2 unspecified atom stereocenters. The van der Waals surface area contributed by atoms with Crippen molar-refractivity contribution in [3.63, 3.8) is 0 Å². The Kier molecular flexibility index (Phi) is 5.63. The summed E-state index contributed by atoms with van der Waals surface area (Å²) in [5.74, 6) is 0.375. The second kappa shape index (κ2) is 8.07. The van der Waals surface area contributed by atoms with Crippen LogP contribution in [0.4, 0.5) is 24.9 Å². The topological polar surface area (TPSA) is 63.5 Å². The average Bonchev–Trinajstić information content (AvgIpc) is 2.68. The van der Waals surface area contributed by atoms with Crippen LogP contribution >= 0.6 is 11.6 Å². The summed E-state index contributed by atoms with van der Waals surface area (Å²) < 4.78 is 48.3. The molecule has 0 saturated carbocycles. The lowest BCUT2D eigenvalue weighted by atomic mass is 10.1. The molecule has 162 valence electrons. The van der Waals surface area contributed by atoms with Crippen LogP contribution < -0.4 is 15.4 Å². The zero-order chi connectivity index (χ0) is 21.5. The third kappa shape index (κ3) is 4.11.